The molecule has 1 aromatic carbocycles. The lowest BCUT2D eigenvalue weighted by Crippen LogP contribution is -2.15. The van der Waals surface area contributed by atoms with Crippen molar-refractivity contribution in [3.63, 3.8) is 0 Å². The smallest absolute Gasteiger partial charge is 0.266 e. The van der Waals surface area contributed by atoms with Gasteiger partial charge in [-0.15, -0.1) is 0 Å². The molecule has 96 valence electrons. The number of aromatic nitrogens is 2. The molecule has 18 heavy (non-hydrogen) atoms. The summed E-state index contributed by atoms with van der Waals surface area (Å²) >= 11 is 0. The predicted octanol–water partition coefficient (Wildman–Crippen LogP) is 3.65. The molecule has 0 N–H and O–H groups in total. The maximum Gasteiger partial charge on any atom is 0.416 e. The van der Waals surface area contributed by atoms with E-state index in [0.717, 1.165) is 12.1 Å². The van der Waals surface area contributed by atoms with E-state index >= 15 is 0 Å². The van der Waals surface area contributed by atoms with Crippen molar-refractivity contribution in [1.82, 2.24) is 9.78 Å². The van der Waals surface area contributed by atoms with Crippen LogP contribution in [0, 0.1) is 5.82 Å². The van der Waals surface area contributed by atoms with Gasteiger partial charge in [0.15, 0.2) is 0 Å². The van der Waals surface area contributed by atoms with Crippen molar-refractivity contribution in [2.45, 2.75) is 19.1 Å². The van der Waals surface area contributed by atoms with Crippen molar-refractivity contribution in [1.29, 1.82) is 0 Å². The molecular formula is C12H10F4N2. The van der Waals surface area contributed by atoms with E-state index in [4.69, 9.17) is 0 Å². The zero-order valence-electron chi connectivity index (χ0n) is 9.45. The van der Waals surface area contributed by atoms with Gasteiger partial charge in [-0.2, -0.15) is 18.3 Å². The van der Waals surface area contributed by atoms with E-state index in [1.807, 2.05) is 0 Å². The van der Waals surface area contributed by atoms with Crippen LogP contribution in [0.4, 0.5) is 17.6 Å². The molecule has 0 saturated heterocycles. The first kappa shape index (κ1) is 12.6. The molecule has 0 aliphatic heterocycles. The quantitative estimate of drug-likeness (QED) is 0.752. The van der Waals surface area contributed by atoms with E-state index in [-0.39, 0.29) is 5.56 Å². The topological polar surface area (TPSA) is 17.8 Å². The van der Waals surface area contributed by atoms with Crippen LogP contribution in [-0.4, -0.2) is 9.78 Å². The van der Waals surface area contributed by atoms with E-state index in [2.05, 4.69) is 5.10 Å². The number of halogens is 4. The Kier molecular flexibility index (Phi) is 3.11. The molecule has 1 atom stereocenters. The van der Waals surface area contributed by atoms with Crippen LogP contribution in [0.25, 0.3) is 0 Å². The summed E-state index contributed by atoms with van der Waals surface area (Å²) in [6.07, 6.45) is -1.54. The van der Waals surface area contributed by atoms with Crippen molar-refractivity contribution in [3.05, 3.63) is 53.6 Å². The third-order valence-corrected chi connectivity index (χ3v) is 2.69. The van der Waals surface area contributed by atoms with Gasteiger partial charge in [0.1, 0.15) is 5.82 Å². The summed E-state index contributed by atoms with van der Waals surface area (Å²) in [5.74, 6) is -0.904. The highest BCUT2D eigenvalue weighted by molar-refractivity contribution is 5.33. The first-order valence-corrected chi connectivity index (χ1v) is 5.25. The lowest BCUT2D eigenvalue weighted by molar-refractivity contribution is -0.138. The van der Waals surface area contributed by atoms with Crippen LogP contribution in [0.15, 0.2) is 36.7 Å². The van der Waals surface area contributed by atoms with Gasteiger partial charge in [0, 0.05) is 12.4 Å². The average molecular weight is 258 g/mol. The minimum Gasteiger partial charge on any atom is -0.266 e. The minimum absolute atomic E-state index is 0.00685. The Labute approximate surface area is 101 Å². The molecule has 0 bridgehead atoms. The van der Waals surface area contributed by atoms with Gasteiger partial charge in [0.05, 0.1) is 11.6 Å². The Hall–Kier alpha value is -1.85. The number of hydrogen-bond donors (Lipinski definition) is 0. The van der Waals surface area contributed by atoms with E-state index in [1.165, 1.54) is 10.9 Å². The summed E-state index contributed by atoms with van der Waals surface area (Å²) in [6, 6.07) is 3.68. The third-order valence-electron chi connectivity index (χ3n) is 2.69. The summed E-state index contributed by atoms with van der Waals surface area (Å²) in [7, 11) is 0. The standard InChI is InChI=1S/C12H10F4N2/c1-8(18-6-2-5-17-18)10-4-3-9(13)7-11(10)12(14,15)16/h2-8H,1H3. The van der Waals surface area contributed by atoms with Crippen molar-refractivity contribution in [2.75, 3.05) is 0 Å². The zero-order valence-corrected chi connectivity index (χ0v) is 9.45. The fourth-order valence-electron chi connectivity index (χ4n) is 1.79. The molecule has 2 nitrogen and oxygen atoms in total. The van der Waals surface area contributed by atoms with Gasteiger partial charge in [-0.05, 0) is 30.7 Å². The summed E-state index contributed by atoms with van der Waals surface area (Å²) in [5, 5.41) is 3.89. The maximum absolute atomic E-state index is 13.0. The number of nitrogens with zero attached hydrogens (tertiary/aromatic N) is 2. The molecule has 0 radical (unpaired) electrons. The summed E-state index contributed by atoms with van der Waals surface area (Å²) in [5.41, 5.74) is -0.974. The molecule has 0 aliphatic carbocycles. The second-order valence-corrected chi connectivity index (χ2v) is 3.89. The highest BCUT2D eigenvalue weighted by Crippen LogP contribution is 2.35. The van der Waals surface area contributed by atoms with E-state index in [0.29, 0.717) is 6.07 Å². The van der Waals surface area contributed by atoms with Gasteiger partial charge < -0.3 is 0 Å². The van der Waals surface area contributed by atoms with Gasteiger partial charge in [-0.25, -0.2) is 4.39 Å². The average Bonchev–Trinajstić information content (AvgIpc) is 2.80. The zero-order chi connectivity index (χ0) is 13.3. The second-order valence-electron chi connectivity index (χ2n) is 3.89. The molecule has 2 aromatic rings. The third kappa shape index (κ3) is 2.37. The molecule has 0 aliphatic rings. The minimum atomic E-state index is -4.58. The lowest BCUT2D eigenvalue weighted by atomic mass is 10.0. The van der Waals surface area contributed by atoms with Crippen molar-refractivity contribution < 1.29 is 17.6 Å². The van der Waals surface area contributed by atoms with Gasteiger partial charge in [-0.1, -0.05) is 6.07 Å². The number of benzene rings is 1. The fourth-order valence-corrected chi connectivity index (χ4v) is 1.79. The van der Waals surface area contributed by atoms with Crippen LogP contribution in [0.1, 0.15) is 24.1 Å². The molecule has 1 aromatic heterocycles. The van der Waals surface area contributed by atoms with Gasteiger partial charge in [0.25, 0.3) is 0 Å². The summed E-state index contributed by atoms with van der Waals surface area (Å²) < 4.78 is 52.9. The Morgan fingerprint density at radius 3 is 2.56 bits per heavy atom. The molecule has 2 rings (SSSR count). The summed E-state index contributed by atoms with van der Waals surface area (Å²) in [6.45, 7) is 1.58. The molecule has 1 heterocycles. The number of alkyl halides is 3. The number of rotatable bonds is 2. The first-order valence-electron chi connectivity index (χ1n) is 5.25. The largest absolute Gasteiger partial charge is 0.416 e. The molecule has 6 heteroatoms. The molecule has 1 unspecified atom stereocenters. The van der Waals surface area contributed by atoms with Crippen LogP contribution in [0.5, 0.6) is 0 Å². The van der Waals surface area contributed by atoms with Crippen LogP contribution >= 0.6 is 0 Å². The molecule has 0 fully saturated rings. The Bertz CT molecular complexity index is 532. The highest BCUT2D eigenvalue weighted by atomic mass is 19.4. The van der Waals surface area contributed by atoms with Crippen LogP contribution in [0.2, 0.25) is 0 Å². The van der Waals surface area contributed by atoms with Crippen LogP contribution < -0.4 is 0 Å². The van der Waals surface area contributed by atoms with Crippen LogP contribution in [0.3, 0.4) is 0 Å². The molecular weight excluding hydrogens is 248 g/mol. The highest BCUT2D eigenvalue weighted by Gasteiger charge is 2.35. The normalized spacial score (nSPS) is 13.6. The van der Waals surface area contributed by atoms with Crippen molar-refractivity contribution in [3.8, 4) is 0 Å². The van der Waals surface area contributed by atoms with E-state index in [9.17, 15) is 17.6 Å². The number of hydrogen-bond acceptors (Lipinski definition) is 1. The molecule has 0 spiro atoms. The molecule has 0 saturated carbocycles. The van der Waals surface area contributed by atoms with Gasteiger partial charge >= 0.3 is 6.18 Å². The van der Waals surface area contributed by atoms with E-state index in [1.54, 1.807) is 19.2 Å². The Balaban J connectivity index is 2.51. The first-order chi connectivity index (χ1) is 8.39. The molecule has 0 amide bonds. The van der Waals surface area contributed by atoms with Gasteiger partial charge in [-0.3, -0.25) is 4.68 Å². The predicted molar refractivity (Wildman–Crippen MR) is 57.4 cm³/mol. The van der Waals surface area contributed by atoms with Crippen LogP contribution in [-0.2, 0) is 6.18 Å². The van der Waals surface area contributed by atoms with Crippen molar-refractivity contribution >= 4 is 0 Å². The van der Waals surface area contributed by atoms with E-state index < -0.39 is 23.6 Å². The maximum atomic E-state index is 13.0. The Morgan fingerprint density at radius 2 is 2.00 bits per heavy atom. The monoisotopic (exact) mass is 258 g/mol. The fraction of sp³-hybridized carbons (Fsp3) is 0.250. The second kappa shape index (κ2) is 4.44. The SMILES string of the molecule is CC(c1ccc(F)cc1C(F)(F)F)n1cccn1. The van der Waals surface area contributed by atoms with Gasteiger partial charge in [0.2, 0.25) is 0 Å². The Morgan fingerprint density at radius 1 is 1.28 bits per heavy atom. The summed E-state index contributed by atoms with van der Waals surface area (Å²) in [4.78, 5) is 0. The lowest BCUT2D eigenvalue weighted by Gasteiger charge is -2.18. The van der Waals surface area contributed by atoms with Crippen molar-refractivity contribution in [2.24, 2.45) is 0 Å².